The van der Waals surface area contributed by atoms with Crippen LogP contribution in [-0.2, 0) is 14.3 Å². The lowest BCUT2D eigenvalue weighted by Crippen LogP contribution is -2.61. The summed E-state index contributed by atoms with van der Waals surface area (Å²) in [5.74, 6) is 0.161. The molecule has 0 amide bonds. The van der Waals surface area contributed by atoms with Crippen LogP contribution in [0.25, 0.3) is 0 Å². The standard InChI is InChI=1S/C17H18O3/c1-10-14(11-7-5-4-6-8-11)17(2)13(18)9-12(20-3)16(19)15(10)17/h4-10,14-15H,1-3H3/t10-,14+,15+,17+/m1/s1. The smallest absolute Gasteiger partial charge is 0.201 e. The molecule has 3 heteroatoms. The first-order valence-corrected chi connectivity index (χ1v) is 6.91. The summed E-state index contributed by atoms with van der Waals surface area (Å²) in [6.07, 6.45) is 1.38. The lowest BCUT2D eigenvalue weighted by Gasteiger charge is -2.58. The van der Waals surface area contributed by atoms with Crippen LogP contribution in [0.2, 0.25) is 0 Å². The van der Waals surface area contributed by atoms with Gasteiger partial charge in [-0.3, -0.25) is 9.59 Å². The second-order valence-corrected chi connectivity index (χ2v) is 5.95. The van der Waals surface area contributed by atoms with Crippen molar-refractivity contribution in [3.8, 4) is 0 Å². The molecule has 2 aliphatic carbocycles. The number of hydrogen-bond donors (Lipinski definition) is 0. The Kier molecular flexibility index (Phi) is 2.82. The minimum absolute atomic E-state index is 0.00547. The highest BCUT2D eigenvalue weighted by Gasteiger charge is 2.65. The van der Waals surface area contributed by atoms with Crippen LogP contribution >= 0.6 is 0 Å². The average molecular weight is 270 g/mol. The highest BCUT2D eigenvalue weighted by Crippen LogP contribution is 2.63. The molecule has 1 aromatic carbocycles. The Morgan fingerprint density at radius 3 is 2.35 bits per heavy atom. The Morgan fingerprint density at radius 2 is 1.75 bits per heavy atom. The zero-order valence-corrected chi connectivity index (χ0v) is 11.9. The molecule has 0 saturated heterocycles. The first kappa shape index (κ1) is 13.1. The third-order valence-corrected chi connectivity index (χ3v) is 5.04. The van der Waals surface area contributed by atoms with Crippen molar-refractivity contribution < 1.29 is 14.3 Å². The van der Waals surface area contributed by atoms with Gasteiger partial charge in [0.15, 0.2) is 11.5 Å². The molecule has 0 aliphatic heterocycles. The van der Waals surface area contributed by atoms with Gasteiger partial charge in [0, 0.05) is 23.3 Å². The quantitative estimate of drug-likeness (QED) is 0.830. The number of carbonyl (C=O) groups is 2. The first-order chi connectivity index (χ1) is 9.51. The minimum atomic E-state index is -0.625. The Balaban J connectivity index is 2.06. The summed E-state index contributed by atoms with van der Waals surface area (Å²) in [5, 5.41) is 0. The molecule has 1 saturated carbocycles. The summed E-state index contributed by atoms with van der Waals surface area (Å²) < 4.78 is 5.05. The Morgan fingerprint density at radius 1 is 1.10 bits per heavy atom. The summed E-state index contributed by atoms with van der Waals surface area (Å²) in [5.41, 5.74) is 0.508. The maximum Gasteiger partial charge on any atom is 0.201 e. The minimum Gasteiger partial charge on any atom is -0.493 e. The fraction of sp³-hybridized carbons (Fsp3) is 0.412. The summed E-state index contributed by atoms with van der Waals surface area (Å²) in [6, 6.07) is 9.99. The molecular weight excluding hydrogens is 252 g/mol. The molecule has 3 rings (SSSR count). The van der Waals surface area contributed by atoms with Crippen LogP contribution in [0.5, 0.6) is 0 Å². The Hall–Kier alpha value is -1.90. The number of rotatable bonds is 2. The highest BCUT2D eigenvalue weighted by atomic mass is 16.5. The number of ketones is 2. The molecule has 3 nitrogen and oxygen atoms in total. The molecule has 0 unspecified atom stereocenters. The van der Waals surface area contributed by atoms with Gasteiger partial charge in [-0.05, 0) is 11.5 Å². The molecule has 0 radical (unpaired) electrons. The van der Waals surface area contributed by atoms with Gasteiger partial charge in [-0.15, -0.1) is 0 Å². The number of ether oxygens (including phenoxy) is 1. The third-order valence-electron chi connectivity index (χ3n) is 5.04. The second kappa shape index (κ2) is 4.30. The number of methoxy groups -OCH3 is 1. The lowest BCUT2D eigenvalue weighted by atomic mass is 9.42. The summed E-state index contributed by atoms with van der Waals surface area (Å²) in [4.78, 5) is 24.9. The van der Waals surface area contributed by atoms with Crippen LogP contribution in [-0.4, -0.2) is 18.7 Å². The van der Waals surface area contributed by atoms with Crippen molar-refractivity contribution in [1.82, 2.24) is 0 Å². The van der Waals surface area contributed by atoms with Gasteiger partial charge in [-0.2, -0.15) is 0 Å². The van der Waals surface area contributed by atoms with Crippen molar-refractivity contribution in [2.24, 2.45) is 17.3 Å². The first-order valence-electron chi connectivity index (χ1n) is 6.91. The van der Waals surface area contributed by atoms with E-state index < -0.39 is 5.41 Å². The zero-order chi connectivity index (χ0) is 14.5. The SMILES string of the molecule is COC1=CC(=O)[C@]2(C)[C@H](C1=O)[C@H](C)[C@H]2c1ccccc1. The van der Waals surface area contributed by atoms with E-state index in [2.05, 4.69) is 0 Å². The van der Waals surface area contributed by atoms with Crippen molar-refractivity contribution in [2.75, 3.05) is 7.11 Å². The average Bonchev–Trinajstić information content (AvgIpc) is 2.44. The van der Waals surface area contributed by atoms with Crippen molar-refractivity contribution in [2.45, 2.75) is 19.8 Å². The predicted molar refractivity (Wildman–Crippen MR) is 75.1 cm³/mol. The Bertz CT molecular complexity index is 602. The van der Waals surface area contributed by atoms with E-state index in [0.717, 1.165) is 5.56 Å². The second-order valence-electron chi connectivity index (χ2n) is 5.95. The largest absolute Gasteiger partial charge is 0.493 e. The van der Waals surface area contributed by atoms with Crippen LogP contribution in [0.3, 0.4) is 0 Å². The van der Waals surface area contributed by atoms with Crippen molar-refractivity contribution in [3.63, 3.8) is 0 Å². The fourth-order valence-electron chi connectivity index (χ4n) is 4.15. The molecule has 0 N–H and O–H groups in total. The summed E-state index contributed by atoms with van der Waals surface area (Å²) >= 11 is 0. The maximum atomic E-state index is 12.5. The number of allylic oxidation sites excluding steroid dienone is 2. The van der Waals surface area contributed by atoms with E-state index in [1.54, 1.807) is 0 Å². The number of hydrogen-bond acceptors (Lipinski definition) is 3. The molecule has 0 bridgehead atoms. The van der Waals surface area contributed by atoms with Gasteiger partial charge in [0.2, 0.25) is 5.78 Å². The van der Waals surface area contributed by atoms with Crippen LogP contribution < -0.4 is 0 Å². The molecule has 1 aromatic rings. The molecule has 0 heterocycles. The van der Waals surface area contributed by atoms with Crippen LogP contribution in [0.1, 0.15) is 25.3 Å². The maximum absolute atomic E-state index is 12.5. The summed E-state index contributed by atoms with van der Waals surface area (Å²) in [6.45, 7) is 3.96. The van der Waals surface area contributed by atoms with Crippen LogP contribution in [0.4, 0.5) is 0 Å². The van der Waals surface area contributed by atoms with E-state index in [9.17, 15) is 9.59 Å². The topological polar surface area (TPSA) is 43.4 Å². The summed E-state index contributed by atoms with van der Waals surface area (Å²) in [7, 11) is 1.44. The normalized spacial score (nSPS) is 36.0. The molecule has 20 heavy (non-hydrogen) atoms. The molecule has 0 spiro atoms. The number of fused-ring (bicyclic) bond motifs is 1. The molecule has 0 aromatic heterocycles. The molecule has 104 valence electrons. The van der Waals surface area contributed by atoms with E-state index in [1.165, 1.54) is 13.2 Å². The van der Waals surface area contributed by atoms with Gasteiger partial charge in [-0.1, -0.05) is 44.2 Å². The zero-order valence-electron chi connectivity index (χ0n) is 11.9. The van der Waals surface area contributed by atoms with Crippen LogP contribution in [0, 0.1) is 17.3 Å². The number of carbonyl (C=O) groups excluding carboxylic acids is 2. The molecule has 2 aliphatic rings. The van der Waals surface area contributed by atoms with Crippen LogP contribution in [0.15, 0.2) is 42.2 Å². The van der Waals surface area contributed by atoms with Gasteiger partial charge in [0.25, 0.3) is 0 Å². The van der Waals surface area contributed by atoms with E-state index in [4.69, 9.17) is 4.74 Å². The number of benzene rings is 1. The molecule has 1 fully saturated rings. The van der Waals surface area contributed by atoms with Crippen molar-refractivity contribution >= 4 is 11.6 Å². The predicted octanol–water partition coefficient (Wildman–Crippen LogP) is 2.72. The van der Waals surface area contributed by atoms with Crippen molar-refractivity contribution in [1.29, 1.82) is 0 Å². The van der Waals surface area contributed by atoms with Gasteiger partial charge in [0.05, 0.1) is 7.11 Å². The van der Waals surface area contributed by atoms with E-state index in [1.807, 2.05) is 44.2 Å². The van der Waals surface area contributed by atoms with Crippen molar-refractivity contribution in [3.05, 3.63) is 47.7 Å². The number of Topliss-reactive ketones (excluding diaryl/α,β-unsaturated/α-hetero) is 1. The lowest BCUT2D eigenvalue weighted by molar-refractivity contribution is -0.158. The molecular formula is C17H18O3. The van der Waals surface area contributed by atoms with E-state index in [-0.39, 0.29) is 35.1 Å². The van der Waals surface area contributed by atoms with E-state index >= 15 is 0 Å². The van der Waals surface area contributed by atoms with Gasteiger partial charge >= 0.3 is 0 Å². The van der Waals surface area contributed by atoms with Gasteiger partial charge in [0.1, 0.15) is 0 Å². The van der Waals surface area contributed by atoms with Gasteiger partial charge < -0.3 is 4.74 Å². The Labute approximate surface area is 118 Å². The fourth-order valence-corrected chi connectivity index (χ4v) is 4.15. The molecule has 4 atom stereocenters. The highest BCUT2D eigenvalue weighted by molar-refractivity contribution is 6.13. The van der Waals surface area contributed by atoms with E-state index in [0.29, 0.717) is 0 Å². The monoisotopic (exact) mass is 270 g/mol. The third kappa shape index (κ3) is 1.46. The van der Waals surface area contributed by atoms with Gasteiger partial charge in [-0.25, -0.2) is 0 Å².